The molecule has 0 spiro atoms. The number of aromatic nitrogens is 1. The van der Waals surface area contributed by atoms with Crippen LogP contribution in [0.1, 0.15) is 176 Å². The van der Waals surface area contributed by atoms with Gasteiger partial charge in [0.1, 0.15) is 22.4 Å². The van der Waals surface area contributed by atoms with Gasteiger partial charge < -0.3 is 38.5 Å². The van der Waals surface area contributed by atoms with Gasteiger partial charge >= 0.3 is 42.9 Å². The van der Waals surface area contributed by atoms with Gasteiger partial charge in [0.15, 0.2) is 0 Å². The molecule has 4 aliphatic heterocycles. The van der Waals surface area contributed by atoms with Crippen LogP contribution in [0, 0.1) is 0 Å². The van der Waals surface area contributed by atoms with Crippen molar-refractivity contribution in [1.29, 1.82) is 0 Å². The predicted molar refractivity (Wildman–Crippen MR) is 383 cm³/mol. The number of carbonyl (C=O) groups is 4. The highest BCUT2D eigenvalue weighted by molar-refractivity contribution is 5.77. The van der Waals surface area contributed by atoms with Crippen molar-refractivity contribution in [2.24, 2.45) is 0 Å². The molecule has 0 unspecified atom stereocenters. The summed E-state index contributed by atoms with van der Waals surface area (Å²) in [6.07, 6.45) is -3.76. The third kappa shape index (κ3) is 21.2. The monoisotopic (exact) mass is 1450 g/mol. The van der Waals surface area contributed by atoms with E-state index in [0.717, 1.165) is 81.9 Å². The summed E-state index contributed by atoms with van der Waals surface area (Å²) in [5.41, 5.74) is 10.3. The first-order valence-electron chi connectivity index (χ1n) is 35.0. The van der Waals surface area contributed by atoms with E-state index in [1.54, 1.807) is 59.7 Å². The Kier molecular flexibility index (Phi) is 24.2. The average molecular weight is 1450 g/mol. The highest BCUT2D eigenvalue weighted by Crippen LogP contribution is 2.42. The molecule has 1 aromatic heterocycles. The minimum absolute atomic E-state index is 0.174. The fourth-order valence-corrected chi connectivity index (χ4v) is 13.1. The number of hydrogen-bond acceptors (Lipinski definition) is 9. The van der Waals surface area contributed by atoms with E-state index in [0.29, 0.717) is 81.9 Å². The molecule has 5 heterocycles. The van der Waals surface area contributed by atoms with Gasteiger partial charge in [0.25, 0.3) is 0 Å². The molecule has 13 nitrogen and oxygen atoms in total. The van der Waals surface area contributed by atoms with Crippen LogP contribution in [0.25, 0.3) is 39.1 Å². The van der Waals surface area contributed by atoms with E-state index in [1.165, 1.54) is 78.3 Å². The van der Waals surface area contributed by atoms with Crippen LogP contribution in [0.3, 0.4) is 0 Å². The lowest BCUT2D eigenvalue weighted by atomic mass is 9.86. The lowest BCUT2D eigenvalue weighted by Crippen LogP contribution is -2.40. The number of amides is 4. The maximum atomic E-state index is 13.4. The maximum absolute atomic E-state index is 13.4. The Bertz CT molecular complexity index is 4250. The number of pyridine rings is 1. The summed E-state index contributed by atoms with van der Waals surface area (Å²) in [5.74, 6) is 0. The number of benzene rings is 6. The van der Waals surface area contributed by atoms with Crippen LogP contribution in [-0.2, 0) is 89.3 Å². The van der Waals surface area contributed by atoms with Crippen LogP contribution in [0.5, 0.6) is 0 Å². The number of allylic oxidation sites excluding steroid dienone is 2. The van der Waals surface area contributed by atoms with Gasteiger partial charge in [-0.15, -0.1) is 0 Å². The van der Waals surface area contributed by atoms with E-state index in [2.05, 4.69) is 29.3 Å². The van der Waals surface area contributed by atoms with E-state index in [4.69, 9.17) is 18.9 Å². The van der Waals surface area contributed by atoms with E-state index < -0.39 is 63.7 Å². The summed E-state index contributed by atoms with van der Waals surface area (Å²) in [4.78, 5) is 59.9. The lowest BCUT2D eigenvalue weighted by Gasteiger charge is -2.32. The molecule has 0 fully saturated rings. The second kappa shape index (κ2) is 31.9. The van der Waals surface area contributed by atoms with Crippen molar-refractivity contribution in [3.8, 4) is 33.5 Å². The molecule has 0 saturated carbocycles. The first-order valence-corrected chi connectivity index (χ1v) is 35.0. The Morgan fingerprint density at radius 1 is 0.365 bits per heavy atom. The van der Waals surface area contributed by atoms with Crippen LogP contribution in [0.2, 0.25) is 0 Å². The first-order chi connectivity index (χ1) is 48.6. The number of ether oxygens (including phenoxy) is 4. The first kappa shape index (κ1) is 78.8. The highest BCUT2D eigenvalue weighted by Gasteiger charge is 2.37. The quantitative estimate of drug-likeness (QED) is 0.125. The van der Waals surface area contributed by atoms with Gasteiger partial charge in [0, 0.05) is 64.1 Å². The molecule has 0 radical (unpaired) electrons. The molecule has 22 heteroatoms. The topological polar surface area (TPSA) is 131 Å². The average Bonchev–Trinajstić information content (AvgIpc) is 0.792. The van der Waals surface area contributed by atoms with Gasteiger partial charge in [-0.3, -0.25) is 4.98 Å². The standard InChI is InChI=1S/2C21H22F3NO2.C20H21F3N2O2.C20H27NO2/c1-20(2,3)27-19(26)25-11-10-18-15(13-25)7-5-9-17(18)14-6-4-8-16(12-14)21(22,23)24;1-20(2,3)27-19(26)25-12-11-15-14(13-25)7-6-9-16(15)17-8-4-5-10-18(17)21(22,23)24;1-19(2,3)27-18(26)25-10-9-15-13(12-25)5-4-6-16(15)17-8-7-14(11-24-17)20(21,22)23;1-20(2,3)23-19(22)21-13-12-18-16(14-21)10-7-11-17(18)15-8-5-4-6-9-15/h4-9,12H,10-11,13H2,1-3H3;4-10H,11-13H2,1-3H3;4-8,11H,9-10,12H2,1-3H3;7-8,10-11H,4-6,9,12-14H2,1-3H3. The van der Waals surface area contributed by atoms with Crippen LogP contribution < -0.4 is 0 Å². The minimum Gasteiger partial charge on any atom is -0.444 e. The second-order valence-electron chi connectivity index (χ2n) is 30.4. The van der Waals surface area contributed by atoms with Crippen molar-refractivity contribution in [3.05, 3.63) is 212 Å². The maximum Gasteiger partial charge on any atom is 0.417 e. The van der Waals surface area contributed by atoms with E-state index in [-0.39, 0.29) is 23.8 Å². The van der Waals surface area contributed by atoms with Gasteiger partial charge in [-0.1, -0.05) is 109 Å². The zero-order valence-electron chi connectivity index (χ0n) is 61.1. The molecule has 6 aromatic carbocycles. The summed E-state index contributed by atoms with van der Waals surface area (Å²) in [6, 6.07) is 36.4. The van der Waals surface area contributed by atoms with Gasteiger partial charge in [-0.05, 0) is 243 Å². The molecule has 104 heavy (non-hydrogen) atoms. The van der Waals surface area contributed by atoms with Crippen molar-refractivity contribution in [2.75, 3.05) is 26.2 Å². The SMILES string of the molecule is CC(C)(C)OC(=O)N1CCc2c(cccc2-c2ccc(C(F)(F)F)cn2)C1.CC(C)(C)OC(=O)N1CCc2c(cccc2-c2cccc(C(F)(F)F)c2)C1.CC(C)(C)OC(=O)N1CCc2c(cccc2-c2ccccc2C(F)(F)F)C1.CC(C)(C)OC(=O)N1CCc2c(cccc2C2=CCCCC2)C1. The predicted octanol–water partition coefficient (Wildman–Crippen LogP) is 21.3. The van der Waals surface area contributed by atoms with Gasteiger partial charge in [-0.25, -0.2) is 19.2 Å². The number of nitrogens with zero attached hydrogens (tertiary/aromatic N) is 5. The number of fused-ring (bicyclic) bond motifs is 4. The summed E-state index contributed by atoms with van der Waals surface area (Å²) in [6.45, 7) is 25.9. The Balaban J connectivity index is 0.000000161. The molecule has 0 N–H and O–H groups in total. The zero-order chi connectivity index (χ0) is 75.9. The summed E-state index contributed by atoms with van der Waals surface area (Å²) < 4.78 is 139. The zero-order valence-corrected chi connectivity index (χ0v) is 61.1. The van der Waals surface area contributed by atoms with Crippen molar-refractivity contribution in [2.45, 2.75) is 202 Å². The summed E-state index contributed by atoms with van der Waals surface area (Å²) in [7, 11) is 0. The third-order valence-corrected chi connectivity index (χ3v) is 17.7. The molecular formula is C82H92F9N5O8. The Morgan fingerprint density at radius 3 is 1.13 bits per heavy atom. The summed E-state index contributed by atoms with van der Waals surface area (Å²) in [5, 5.41) is 0. The van der Waals surface area contributed by atoms with Gasteiger partial charge in [0.2, 0.25) is 0 Å². The molecular weight excluding hydrogens is 1350 g/mol. The minimum atomic E-state index is -4.42. The molecule has 4 amide bonds. The molecule has 5 aliphatic rings. The van der Waals surface area contributed by atoms with E-state index >= 15 is 0 Å². The Morgan fingerprint density at radius 2 is 0.740 bits per heavy atom. The van der Waals surface area contributed by atoms with Crippen molar-refractivity contribution in [1.82, 2.24) is 24.6 Å². The number of hydrogen-bond donors (Lipinski definition) is 0. The van der Waals surface area contributed by atoms with Crippen LogP contribution in [0.4, 0.5) is 58.7 Å². The van der Waals surface area contributed by atoms with Crippen molar-refractivity contribution >= 4 is 29.9 Å². The molecule has 0 bridgehead atoms. The molecule has 0 atom stereocenters. The number of halogens is 9. The molecule has 556 valence electrons. The number of alkyl halides is 9. The fourth-order valence-electron chi connectivity index (χ4n) is 13.1. The van der Waals surface area contributed by atoms with Crippen LogP contribution in [-0.4, -0.2) is 97.5 Å². The van der Waals surface area contributed by atoms with Crippen LogP contribution >= 0.6 is 0 Å². The second-order valence-corrected chi connectivity index (χ2v) is 30.4. The van der Waals surface area contributed by atoms with Gasteiger partial charge in [-0.2, -0.15) is 39.5 Å². The number of carbonyl (C=O) groups excluding carboxylic acids is 4. The highest BCUT2D eigenvalue weighted by atomic mass is 19.4. The number of rotatable bonds is 4. The third-order valence-electron chi connectivity index (χ3n) is 17.7. The van der Waals surface area contributed by atoms with E-state index in [1.807, 2.05) is 110 Å². The molecule has 7 aromatic rings. The van der Waals surface area contributed by atoms with E-state index in [9.17, 15) is 58.7 Å². The smallest absolute Gasteiger partial charge is 0.417 e. The Labute approximate surface area is 603 Å². The van der Waals surface area contributed by atoms with Crippen molar-refractivity contribution in [3.63, 3.8) is 0 Å². The Hall–Kier alpha value is -9.34. The molecule has 0 saturated heterocycles. The summed E-state index contributed by atoms with van der Waals surface area (Å²) >= 11 is 0. The van der Waals surface area contributed by atoms with Crippen LogP contribution in [0.15, 0.2) is 146 Å². The van der Waals surface area contributed by atoms with Crippen molar-refractivity contribution < 1.29 is 77.6 Å². The molecule has 12 rings (SSSR count). The normalized spacial score (nSPS) is 15.5. The van der Waals surface area contributed by atoms with Gasteiger partial charge in [0.05, 0.1) is 22.4 Å². The molecule has 1 aliphatic carbocycles. The largest absolute Gasteiger partial charge is 0.444 e. The lowest BCUT2D eigenvalue weighted by molar-refractivity contribution is -0.138. The fraction of sp³-hybridized carbons (Fsp3) is 0.427.